The second kappa shape index (κ2) is 11.6. The van der Waals surface area contributed by atoms with Crippen molar-refractivity contribution in [3.05, 3.63) is 74.2 Å². The van der Waals surface area contributed by atoms with Crippen LogP contribution in [0.4, 0.5) is 8.78 Å². The van der Waals surface area contributed by atoms with Gasteiger partial charge in [0, 0.05) is 53.0 Å². The molecule has 242 valence electrons. The van der Waals surface area contributed by atoms with Gasteiger partial charge in [0.15, 0.2) is 16.6 Å². The molecule has 3 N–H and O–H groups in total. The number of carbonyl (C=O) groups excluding carboxylic acids is 2. The van der Waals surface area contributed by atoms with E-state index in [-0.39, 0.29) is 23.0 Å². The van der Waals surface area contributed by atoms with Crippen molar-refractivity contribution in [3.63, 3.8) is 0 Å². The summed E-state index contributed by atoms with van der Waals surface area (Å²) >= 11 is 1.31. The fraction of sp³-hybridized carbons (Fsp3) is 0.441. The maximum atomic E-state index is 15.5. The molecule has 1 saturated carbocycles. The molecule has 2 aliphatic heterocycles. The van der Waals surface area contributed by atoms with Gasteiger partial charge in [0.2, 0.25) is 5.91 Å². The van der Waals surface area contributed by atoms with Crippen molar-refractivity contribution in [1.82, 2.24) is 20.1 Å². The highest BCUT2D eigenvalue weighted by atomic mass is 32.1. The summed E-state index contributed by atoms with van der Waals surface area (Å²) in [5.41, 5.74) is 2.97. The lowest BCUT2D eigenvalue weighted by Crippen LogP contribution is -2.59. The summed E-state index contributed by atoms with van der Waals surface area (Å²) in [6, 6.07) is 5.52. The zero-order valence-corrected chi connectivity index (χ0v) is 27.2. The Morgan fingerprint density at radius 3 is 2.57 bits per heavy atom. The minimum atomic E-state index is -1.43. The molecule has 0 bridgehead atoms. The SMILES string of the molecule is Cc1cccc(C)c1-c1cc(F)c(F)c([C@H](CC(=O)O)NC(=O)[C@@H]2C3C(CN2C(=O)c2nc4c(s2)CCN(C)C4)C(=N)C3(C)C)c1. The third-order valence-electron chi connectivity index (χ3n) is 9.93. The normalized spacial score (nSPS) is 22.5. The second-order valence-corrected chi connectivity index (χ2v) is 14.4. The van der Waals surface area contributed by atoms with Gasteiger partial charge in [0.1, 0.15) is 6.04 Å². The topological polar surface area (TPSA) is 127 Å². The molecular formula is C34H37F2N5O4S. The molecule has 6 rings (SSSR count). The maximum Gasteiger partial charge on any atom is 0.305 e. The summed E-state index contributed by atoms with van der Waals surface area (Å²) in [5.74, 6) is -5.60. The van der Waals surface area contributed by atoms with Crippen molar-refractivity contribution in [1.29, 1.82) is 5.41 Å². The van der Waals surface area contributed by atoms with E-state index >= 15 is 8.78 Å². The lowest BCUT2D eigenvalue weighted by molar-refractivity contribution is -0.138. The number of aliphatic carboxylic acids is 1. The van der Waals surface area contributed by atoms with Crippen LogP contribution in [0.3, 0.4) is 0 Å². The van der Waals surface area contributed by atoms with Crippen LogP contribution in [-0.4, -0.2) is 69.6 Å². The number of carbonyl (C=O) groups is 3. The molecule has 12 heteroatoms. The molecule has 1 aliphatic carbocycles. The van der Waals surface area contributed by atoms with Gasteiger partial charge in [0.05, 0.1) is 18.2 Å². The van der Waals surface area contributed by atoms with Crippen molar-refractivity contribution < 1.29 is 28.3 Å². The van der Waals surface area contributed by atoms with E-state index in [1.165, 1.54) is 22.3 Å². The van der Waals surface area contributed by atoms with Gasteiger partial charge in [-0.25, -0.2) is 13.8 Å². The van der Waals surface area contributed by atoms with E-state index in [1.54, 1.807) is 0 Å². The molecule has 0 radical (unpaired) electrons. The molecule has 2 unspecified atom stereocenters. The van der Waals surface area contributed by atoms with E-state index in [0.29, 0.717) is 23.4 Å². The van der Waals surface area contributed by atoms with Crippen molar-refractivity contribution in [3.8, 4) is 11.1 Å². The molecule has 0 spiro atoms. The molecule has 3 aliphatic rings. The minimum Gasteiger partial charge on any atom is -0.481 e. The smallest absolute Gasteiger partial charge is 0.305 e. The van der Waals surface area contributed by atoms with Crippen molar-refractivity contribution in [2.45, 2.75) is 59.2 Å². The molecule has 2 fully saturated rings. The highest BCUT2D eigenvalue weighted by Crippen LogP contribution is 2.55. The van der Waals surface area contributed by atoms with Crippen LogP contribution in [-0.2, 0) is 22.6 Å². The van der Waals surface area contributed by atoms with E-state index in [1.807, 2.05) is 52.9 Å². The number of nitrogens with one attached hydrogen (secondary N) is 2. The number of fused-ring (bicyclic) bond motifs is 2. The van der Waals surface area contributed by atoms with Gasteiger partial charge >= 0.3 is 5.97 Å². The number of carboxylic acids is 1. The van der Waals surface area contributed by atoms with Gasteiger partial charge in [0.25, 0.3) is 5.91 Å². The molecule has 1 saturated heterocycles. The first-order valence-corrected chi connectivity index (χ1v) is 16.1. The van der Waals surface area contributed by atoms with Gasteiger partial charge in [-0.2, -0.15) is 0 Å². The fourth-order valence-corrected chi connectivity index (χ4v) is 8.60. The standard InChI is InChI=1S/C34H37F2N5O4S/c1-16-7-6-8-17(2)26(16)18-11-19(28(36)21(35)12-18)22(13-25(42)43)38-31(44)29-27-20(30(37)34(27,3)4)14-41(29)33(45)32-39-23-15-40(5)10-9-24(23)46-32/h6-8,11-12,20,22,27,29,37H,9-10,13-15H2,1-5H3,(H,38,44)(H,42,43)/t20?,22-,27?,29-/m0/s1. The number of amides is 2. The Kier molecular flexibility index (Phi) is 8.08. The number of hydrogen-bond donors (Lipinski definition) is 3. The number of halogens is 2. The third-order valence-corrected chi connectivity index (χ3v) is 11.1. The Morgan fingerprint density at radius 2 is 1.89 bits per heavy atom. The number of hydrogen-bond acceptors (Lipinski definition) is 7. The molecule has 1 aromatic heterocycles. The van der Waals surface area contributed by atoms with Crippen molar-refractivity contribution in [2.75, 3.05) is 20.1 Å². The van der Waals surface area contributed by atoms with Gasteiger partial charge in [-0.05, 0) is 61.7 Å². The number of likely N-dealkylation sites (tertiary alicyclic amines) is 1. The number of rotatable bonds is 7. The van der Waals surface area contributed by atoms with Crippen LogP contribution in [0.5, 0.6) is 0 Å². The van der Waals surface area contributed by atoms with E-state index < -0.39 is 59.3 Å². The second-order valence-electron chi connectivity index (χ2n) is 13.3. The summed E-state index contributed by atoms with van der Waals surface area (Å²) in [6.45, 7) is 8.99. The molecule has 3 aromatic rings. The van der Waals surface area contributed by atoms with Crippen LogP contribution in [0.25, 0.3) is 11.1 Å². The first-order chi connectivity index (χ1) is 21.7. The van der Waals surface area contributed by atoms with Crippen LogP contribution in [0.1, 0.15) is 63.4 Å². The van der Waals surface area contributed by atoms with Crippen LogP contribution >= 0.6 is 11.3 Å². The first-order valence-electron chi connectivity index (χ1n) is 15.3. The van der Waals surface area contributed by atoms with Gasteiger partial charge in [-0.3, -0.25) is 14.4 Å². The Hall–Kier alpha value is -4.03. The molecular weight excluding hydrogens is 612 g/mol. The summed E-state index contributed by atoms with van der Waals surface area (Å²) < 4.78 is 30.6. The van der Waals surface area contributed by atoms with E-state index in [2.05, 4.69) is 15.2 Å². The lowest BCUT2D eigenvalue weighted by Gasteiger charge is -2.49. The van der Waals surface area contributed by atoms with Gasteiger partial charge in [-0.15, -0.1) is 11.3 Å². The number of benzene rings is 2. The number of aromatic nitrogens is 1. The lowest BCUT2D eigenvalue weighted by atomic mass is 9.53. The number of likely N-dealkylation sites (N-methyl/N-ethyl adjacent to an activating group) is 1. The quantitative estimate of drug-likeness (QED) is 0.326. The zero-order chi connectivity index (χ0) is 33.2. The molecule has 46 heavy (non-hydrogen) atoms. The first kappa shape index (κ1) is 31.9. The predicted octanol–water partition coefficient (Wildman–Crippen LogP) is 5.14. The molecule has 2 aromatic carbocycles. The zero-order valence-electron chi connectivity index (χ0n) is 26.4. The Labute approximate surface area is 270 Å². The monoisotopic (exact) mass is 649 g/mol. The average molecular weight is 650 g/mol. The van der Waals surface area contributed by atoms with Crippen LogP contribution in [0.15, 0.2) is 30.3 Å². The fourth-order valence-electron chi connectivity index (χ4n) is 7.59. The third kappa shape index (κ3) is 5.30. The summed E-state index contributed by atoms with van der Waals surface area (Å²) in [6.07, 6.45) is 0.0582. The largest absolute Gasteiger partial charge is 0.481 e. The highest BCUT2D eigenvalue weighted by molar-refractivity contribution is 7.13. The van der Waals surface area contributed by atoms with Crippen molar-refractivity contribution >= 4 is 34.8 Å². The highest BCUT2D eigenvalue weighted by Gasteiger charge is 2.64. The van der Waals surface area contributed by atoms with Gasteiger partial charge in [-0.1, -0.05) is 32.0 Å². The Bertz CT molecular complexity index is 1770. The summed E-state index contributed by atoms with van der Waals surface area (Å²) in [4.78, 5) is 49.5. The number of aryl methyl sites for hydroxylation is 2. The summed E-state index contributed by atoms with van der Waals surface area (Å²) in [5, 5.41) is 21.4. The predicted molar refractivity (Wildman–Crippen MR) is 170 cm³/mol. The van der Waals surface area contributed by atoms with Gasteiger partial charge < -0.3 is 25.6 Å². The van der Waals surface area contributed by atoms with E-state index in [0.717, 1.165) is 40.7 Å². The van der Waals surface area contributed by atoms with E-state index in [9.17, 15) is 19.5 Å². The van der Waals surface area contributed by atoms with Crippen molar-refractivity contribution in [2.24, 2.45) is 17.3 Å². The summed E-state index contributed by atoms with van der Waals surface area (Å²) in [7, 11) is 1.98. The van der Waals surface area contributed by atoms with E-state index in [4.69, 9.17) is 5.41 Å². The molecule has 9 nitrogen and oxygen atoms in total. The average Bonchev–Trinajstić information content (AvgIpc) is 3.59. The minimum absolute atomic E-state index is 0.141. The number of nitrogens with zero attached hydrogens (tertiary/aromatic N) is 3. The van der Waals surface area contributed by atoms with Crippen LogP contribution < -0.4 is 5.32 Å². The molecule has 4 atom stereocenters. The number of thiazole rings is 1. The van der Waals surface area contributed by atoms with Crippen LogP contribution in [0, 0.1) is 48.1 Å². The number of carboxylic acid groups (broad SMARTS) is 1. The Morgan fingerprint density at radius 1 is 1.20 bits per heavy atom. The van der Waals surface area contributed by atoms with Crippen LogP contribution in [0.2, 0.25) is 0 Å². The molecule has 2 amide bonds. The maximum absolute atomic E-state index is 15.5. The molecule has 3 heterocycles. The Balaban J connectivity index is 1.36.